The molecule has 1 N–H and O–H groups in total. The van der Waals surface area contributed by atoms with Crippen LogP contribution in [0.4, 0.5) is 0 Å². The summed E-state index contributed by atoms with van der Waals surface area (Å²) in [5.74, 6) is 1.59. The minimum Gasteiger partial charge on any atom is -0.497 e. The average Bonchev–Trinajstić information content (AvgIpc) is 3.17. The van der Waals surface area contributed by atoms with E-state index in [9.17, 15) is 4.79 Å². The van der Waals surface area contributed by atoms with E-state index < -0.39 is 0 Å². The molecule has 3 rings (SSSR count). The number of nitrogens with zero attached hydrogens (tertiary/aromatic N) is 2. The van der Waals surface area contributed by atoms with Gasteiger partial charge in [-0.2, -0.15) is 0 Å². The molecule has 1 aromatic heterocycles. The van der Waals surface area contributed by atoms with Gasteiger partial charge < -0.3 is 10.1 Å². The van der Waals surface area contributed by atoms with Gasteiger partial charge in [-0.25, -0.2) is 4.98 Å². The summed E-state index contributed by atoms with van der Waals surface area (Å²) < 4.78 is 5.15. The van der Waals surface area contributed by atoms with Crippen molar-refractivity contribution in [3.63, 3.8) is 0 Å². The number of aromatic nitrogens is 1. The molecule has 0 unspecified atom stereocenters. The van der Waals surface area contributed by atoms with Crippen LogP contribution in [-0.2, 0) is 0 Å². The summed E-state index contributed by atoms with van der Waals surface area (Å²) in [6.07, 6.45) is 0. The first kappa shape index (κ1) is 15.1. The number of rotatable bonds is 3. The van der Waals surface area contributed by atoms with Crippen molar-refractivity contribution >= 4 is 34.2 Å². The Morgan fingerprint density at radius 3 is 2.73 bits per heavy atom. The van der Waals surface area contributed by atoms with Gasteiger partial charge in [0.15, 0.2) is 5.17 Å². The van der Waals surface area contributed by atoms with Crippen LogP contribution in [-0.4, -0.2) is 35.5 Å². The number of hydrogen-bond acceptors (Lipinski definition) is 6. The Bertz CT molecular complexity index is 723. The van der Waals surface area contributed by atoms with Gasteiger partial charge in [0.2, 0.25) is 0 Å². The fourth-order valence-corrected chi connectivity index (χ4v) is 3.72. The number of hydrogen-bond donors (Lipinski definition) is 1. The highest BCUT2D eigenvalue weighted by atomic mass is 32.2. The largest absolute Gasteiger partial charge is 0.497 e. The molecule has 7 heteroatoms. The SMILES string of the molecule is COc1ccc(-c2nc(C)c(C(=O)NC3=NCCS3)s2)cc1. The summed E-state index contributed by atoms with van der Waals surface area (Å²) in [5, 5.41) is 4.37. The Labute approximate surface area is 136 Å². The zero-order valence-corrected chi connectivity index (χ0v) is 13.9. The summed E-state index contributed by atoms with van der Waals surface area (Å²) in [6.45, 7) is 2.61. The normalized spacial score (nSPS) is 13.8. The highest BCUT2D eigenvalue weighted by molar-refractivity contribution is 8.14. The summed E-state index contributed by atoms with van der Waals surface area (Å²) in [5.41, 5.74) is 1.71. The van der Waals surface area contributed by atoms with Crippen molar-refractivity contribution in [1.29, 1.82) is 0 Å². The summed E-state index contributed by atoms with van der Waals surface area (Å²) in [7, 11) is 1.63. The molecule has 0 atom stereocenters. The average molecular weight is 333 g/mol. The number of ether oxygens (including phenoxy) is 1. The van der Waals surface area contributed by atoms with E-state index in [1.165, 1.54) is 11.3 Å². The van der Waals surface area contributed by atoms with Crippen molar-refractivity contribution in [1.82, 2.24) is 10.3 Å². The van der Waals surface area contributed by atoms with Crippen LogP contribution in [0.25, 0.3) is 10.6 Å². The van der Waals surface area contributed by atoms with E-state index in [0.29, 0.717) is 10.0 Å². The van der Waals surface area contributed by atoms with Crippen molar-refractivity contribution in [3.8, 4) is 16.3 Å². The fourth-order valence-electron chi connectivity index (χ4n) is 2.03. The van der Waals surface area contributed by atoms with Crippen molar-refractivity contribution in [2.75, 3.05) is 19.4 Å². The van der Waals surface area contributed by atoms with E-state index in [0.717, 1.165) is 34.3 Å². The molecule has 1 aliphatic rings. The molecule has 0 aliphatic carbocycles. The Balaban J connectivity index is 1.81. The van der Waals surface area contributed by atoms with E-state index in [2.05, 4.69) is 15.3 Å². The number of amides is 1. The second-order valence-electron chi connectivity index (χ2n) is 4.65. The molecule has 0 radical (unpaired) electrons. The van der Waals surface area contributed by atoms with Gasteiger partial charge >= 0.3 is 0 Å². The fraction of sp³-hybridized carbons (Fsp3) is 0.267. The van der Waals surface area contributed by atoms with Gasteiger partial charge in [-0.15, -0.1) is 11.3 Å². The Morgan fingerprint density at radius 2 is 2.09 bits per heavy atom. The van der Waals surface area contributed by atoms with Crippen LogP contribution in [0.3, 0.4) is 0 Å². The van der Waals surface area contributed by atoms with Crippen LogP contribution < -0.4 is 10.1 Å². The number of aliphatic imine (C=N–C) groups is 1. The van der Waals surface area contributed by atoms with E-state index in [-0.39, 0.29) is 5.91 Å². The first-order chi connectivity index (χ1) is 10.7. The zero-order valence-electron chi connectivity index (χ0n) is 12.3. The van der Waals surface area contributed by atoms with Gasteiger partial charge in [-0.05, 0) is 31.2 Å². The molecular weight excluding hydrogens is 318 g/mol. The third-order valence-corrected chi connectivity index (χ3v) is 5.24. The number of amidine groups is 1. The van der Waals surface area contributed by atoms with E-state index >= 15 is 0 Å². The maximum absolute atomic E-state index is 12.3. The highest BCUT2D eigenvalue weighted by Gasteiger charge is 2.19. The quantitative estimate of drug-likeness (QED) is 0.938. The third kappa shape index (κ3) is 3.15. The van der Waals surface area contributed by atoms with E-state index in [1.54, 1.807) is 18.9 Å². The van der Waals surface area contributed by atoms with Crippen molar-refractivity contribution in [2.45, 2.75) is 6.92 Å². The van der Waals surface area contributed by atoms with Crippen LogP contribution >= 0.6 is 23.1 Å². The standard InChI is InChI=1S/C15H15N3O2S2/c1-9-12(13(19)18-15-16-7-8-21-15)22-14(17-9)10-3-5-11(20-2)6-4-10/h3-6H,7-8H2,1-2H3,(H,16,18,19). The minimum atomic E-state index is -0.136. The number of methoxy groups -OCH3 is 1. The first-order valence-electron chi connectivity index (χ1n) is 6.78. The second-order valence-corrected chi connectivity index (χ2v) is 6.73. The van der Waals surface area contributed by atoms with Crippen LogP contribution in [0.15, 0.2) is 29.3 Å². The summed E-state index contributed by atoms with van der Waals surface area (Å²) in [4.78, 5) is 21.7. The maximum Gasteiger partial charge on any atom is 0.269 e. The molecule has 2 heterocycles. The lowest BCUT2D eigenvalue weighted by atomic mass is 10.2. The van der Waals surface area contributed by atoms with Crippen molar-refractivity contribution < 1.29 is 9.53 Å². The van der Waals surface area contributed by atoms with Gasteiger partial charge in [-0.3, -0.25) is 9.79 Å². The number of carbonyl (C=O) groups excluding carboxylic acids is 1. The van der Waals surface area contributed by atoms with Crippen LogP contribution in [0.5, 0.6) is 5.75 Å². The lowest BCUT2D eigenvalue weighted by Crippen LogP contribution is -2.27. The number of nitrogens with one attached hydrogen (secondary N) is 1. The maximum atomic E-state index is 12.3. The second kappa shape index (κ2) is 6.50. The lowest BCUT2D eigenvalue weighted by molar-refractivity contribution is 0.0981. The third-order valence-electron chi connectivity index (χ3n) is 3.15. The predicted octanol–water partition coefficient (Wildman–Crippen LogP) is 2.96. The molecule has 114 valence electrons. The smallest absolute Gasteiger partial charge is 0.269 e. The van der Waals surface area contributed by atoms with Gasteiger partial charge in [0, 0.05) is 11.3 Å². The van der Waals surface area contributed by atoms with Crippen LogP contribution in [0.2, 0.25) is 0 Å². The number of thiazole rings is 1. The number of benzene rings is 1. The van der Waals surface area contributed by atoms with E-state index in [4.69, 9.17) is 4.74 Å². The Hall–Kier alpha value is -1.86. The Morgan fingerprint density at radius 1 is 1.32 bits per heavy atom. The van der Waals surface area contributed by atoms with Gasteiger partial charge in [-0.1, -0.05) is 11.8 Å². The molecule has 1 aromatic carbocycles. The van der Waals surface area contributed by atoms with Crippen LogP contribution in [0, 0.1) is 6.92 Å². The molecular formula is C15H15N3O2S2. The molecule has 0 saturated heterocycles. The van der Waals surface area contributed by atoms with Crippen molar-refractivity contribution in [3.05, 3.63) is 34.8 Å². The molecule has 0 bridgehead atoms. The topological polar surface area (TPSA) is 63.6 Å². The number of aryl methyl sites for hydroxylation is 1. The number of thioether (sulfide) groups is 1. The van der Waals surface area contributed by atoms with Crippen molar-refractivity contribution in [2.24, 2.45) is 4.99 Å². The van der Waals surface area contributed by atoms with Gasteiger partial charge in [0.25, 0.3) is 5.91 Å². The molecule has 5 nitrogen and oxygen atoms in total. The lowest BCUT2D eigenvalue weighted by Gasteiger charge is -2.01. The molecule has 0 spiro atoms. The molecule has 0 fully saturated rings. The minimum absolute atomic E-state index is 0.136. The van der Waals surface area contributed by atoms with Crippen LogP contribution in [0.1, 0.15) is 15.4 Å². The molecule has 2 aromatic rings. The molecule has 1 aliphatic heterocycles. The van der Waals surface area contributed by atoms with Gasteiger partial charge in [0.05, 0.1) is 19.3 Å². The zero-order chi connectivity index (χ0) is 15.5. The predicted molar refractivity (Wildman–Crippen MR) is 91.1 cm³/mol. The summed E-state index contributed by atoms with van der Waals surface area (Å²) in [6, 6.07) is 7.65. The molecule has 1 amide bonds. The van der Waals surface area contributed by atoms with Gasteiger partial charge in [0.1, 0.15) is 15.6 Å². The summed E-state index contributed by atoms with van der Waals surface area (Å²) >= 11 is 2.96. The monoisotopic (exact) mass is 333 g/mol. The molecule has 0 saturated carbocycles. The number of carbonyl (C=O) groups is 1. The highest BCUT2D eigenvalue weighted by Crippen LogP contribution is 2.29. The first-order valence-corrected chi connectivity index (χ1v) is 8.58. The molecule has 22 heavy (non-hydrogen) atoms. The van der Waals surface area contributed by atoms with E-state index in [1.807, 2.05) is 31.2 Å². The Kier molecular flexibility index (Phi) is 4.44.